The Hall–Kier alpha value is -1.10. The van der Waals surface area contributed by atoms with E-state index in [-0.39, 0.29) is 11.3 Å². The first-order valence-corrected chi connectivity index (χ1v) is 4.51. The average Bonchev–Trinajstić information content (AvgIpc) is 2.46. The molecule has 0 aromatic rings. The lowest BCUT2D eigenvalue weighted by molar-refractivity contribution is -0.117. The van der Waals surface area contributed by atoms with Crippen LogP contribution in [-0.4, -0.2) is 17.8 Å². The molecule has 0 spiro atoms. The molecule has 64 valence electrons. The number of primary amides is 1. The summed E-state index contributed by atoms with van der Waals surface area (Å²) in [6, 6.07) is 0. The summed E-state index contributed by atoms with van der Waals surface area (Å²) in [6.07, 6.45) is 3.77. The van der Waals surface area contributed by atoms with Crippen LogP contribution in [0.1, 0.15) is 0 Å². The number of allylic oxidation sites excluding steroid dienone is 1. The largest absolute Gasteiger partial charge is 0.386 e. The highest BCUT2D eigenvalue weighted by Gasteiger charge is 2.27. The van der Waals surface area contributed by atoms with Crippen molar-refractivity contribution in [3.63, 3.8) is 0 Å². The van der Waals surface area contributed by atoms with Gasteiger partial charge in [0.1, 0.15) is 0 Å². The van der Waals surface area contributed by atoms with Crippen LogP contribution in [-0.2, 0) is 4.79 Å². The Morgan fingerprint density at radius 1 is 1.75 bits per heavy atom. The molecular formula is C7H9N3OS. The minimum Gasteiger partial charge on any atom is -0.386 e. The first-order valence-electron chi connectivity index (χ1n) is 3.63. The fourth-order valence-electron chi connectivity index (χ4n) is 1.16. The predicted octanol–water partition coefficient (Wildman–Crippen LogP) is -0.537. The number of amides is 1. The van der Waals surface area contributed by atoms with Crippen molar-refractivity contribution in [3.8, 4) is 0 Å². The molecule has 2 rings (SSSR count). The molecule has 0 fully saturated rings. The molecule has 2 heterocycles. The molecule has 0 aliphatic carbocycles. The maximum Gasteiger partial charge on any atom is 0.250 e. The van der Waals surface area contributed by atoms with Gasteiger partial charge < -0.3 is 16.4 Å². The molecule has 0 saturated heterocycles. The van der Waals surface area contributed by atoms with Crippen LogP contribution in [0.25, 0.3) is 0 Å². The number of thioether (sulfide) groups is 1. The van der Waals surface area contributed by atoms with Gasteiger partial charge in [-0.25, -0.2) is 0 Å². The Morgan fingerprint density at radius 3 is 3.25 bits per heavy atom. The summed E-state index contributed by atoms with van der Waals surface area (Å²) in [6.45, 7) is 0.785. The maximum absolute atomic E-state index is 10.8. The molecule has 0 aromatic heterocycles. The molecule has 2 aliphatic heterocycles. The van der Waals surface area contributed by atoms with E-state index in [0.717, 1.165) is 17.1 Å². The van der Waals surface area contributed by atoms with E-state index in [1.54, 1.807) is 0 Å². The lowest BCUT2D eigenvalue weighted by atomic mass is 10.3. The fourth-order valence-corrected chi connectivity index (χ4v) is 2.17. The zero-order valence-corrected chi connectivity index (χ0v) is 7.15. The Kier molecular flexibility index (Phi) is 1.73. The molecule has 0 bridgehead atoms. The smallest absolute Gasteiger partial charge is 0.250 e. The van der Waals surface area contributed by atoms with Crippen molar-refractivity contribution in [2.45, 2.75) is 5.37 Å². The number of carbonyl (C=O) groups excluding carboxylic acids is 1. The summed E-state index contributed by atoms with van der Waals surface area (Å²) >= 11 is 1.48. The average molecular weight is 183 g/mol. The summed E-state index contributed by atoms with van der Waals surface area (Å²) in [4.78, 5) is 12.0. The summed E-state index contributed by atoms with van der Waals surface area (Å²) in [5, 5.41) is 5.81. The number of nitrogens with one attached hydrogen (secondary N) is 2. The van der Waals surface area contributed by atoms with E-state index in [2.05, 4.69) is 10.6 Å². The highest BCUT2D eigenvalue weighted by atomic mass is 32.2. The van der Waals surface area contributed by atoms with Crippen LogP contribution in [0.4, 0.5) is 0 Å². The van der Waals surface area contributed by atoms with Crippen LogP contribution in [0.3, 0.4) is 0 Å². The van der Waals surface area contributed by atoms with Gasteiger partial charge >= 0.3 is 0 Å². The number of hydrogen-bond acceptors (Lipinski definition) is 4. The van der Waals surface area contributed by atoms with Crippen molar-refractivity contribution in [2.24, 2.45) is 5.73 Å². The van der Waals surface area contributed by atoms with Gasteiger partial charge in [0.25, 0.3) is 5.91 Å². The standard InChI is InChI=1S/C7H9N3OS/c8-6(11)7-10-4-1-2-9-3-5(4)12-7/h1-2,7,9-10H,3H2,(H2,8,11). The monoisotopic (exact) mass is 183 g/mol. The minimum absolute atomic E-state index is 0.292. The van der Waals surface area contributed by atoms with Crippen LogP contribution in [0, 0.1) is 0 Å². The number of carbonyl (C=O) groups is 1. The summed E-state index contributed by atoms with van der Waals surface area (Å²) in [7, 11) is 0. The van der Waals surface area contributed by atoms with Gasteiger partial charge in [0, 0.05) is 17.1 Å². The third-order valence-electron chi connectivity index (χ3n) is 1.74. The van der Waals surface area contributed by atoms with Crippen molar-refractivity contribution in [1.82, 2.24) is 10.6 Å². The molecule has 4 N–H and O–H groups in total. The van der Waals surface area contributed by atoms with E-state index in [4.69, 9.17) is 5.73 Å². The molecule has 1 atom stereocenters. The quantitative estimate of drug-likeness (QED) is 0.511. The molecule has 0 saturated carbocycles. The molecule has 2 aliphatic rings. The highest BCUT2D eigenvalue weighted by molar-refractivity contribution is 8.04. The minimum atomic E-state index is -0.317. The SMILES string of the molecule is NC(=O)C1NC2=C(CNC=C2)S1. The van der Waals surface area contributed by atoms with E-state index >= 15 is 0 Å². The Morgan fingerprint density at radius 2 is 2.58 bits per heavy atom. The van der Waals surface area contributed by atoms with Crippen molar-refractivity contribution >= 4 is 17.7 Å². The summed E-state index contributed by atoms with van der Waals surface area (Å²) in [5.41, 5.74) is 6.17. The Bertz CT molecular complexity index is 284. The normalized spacial score (nSPS) is 26.2. The van der Waals surface area contributed by atoms with Crippen molar-refractivity contribution < 1.29 is 4.79 Å². The van der Waals surface area contributed by atoms with Crippen molar-refractivity contribution in [2.75, 3.05) is 6.54 Å². The third kappa shape index (κ3) is 1.16. The molecule has 0 aromatic carbocycles. The summed E-state index contributed by atoms with van der Waals surface area (Å²) in [5.74, 6) is -0.317. The van der Waals surface area contributed by atoms with Crippen LogP contribution in [0.5, 0.6) is 0 Å². The lowest BCUT2D eigenvalue weighted by Gasteiger charge is -2.07. The van der Waals surface area contributed by atoms with Gasteiger partial charge in [-0.15, -0.1) is 0 Å². The maximum atomic E-state index is 10.8. The number of rotatable bonds is 1. The van der Waals surface area contributed by atoms with Crippen LogP contribution in [0.15, 0.2) is 22.9 Å². The van der Waals surface area contributed by atoms with E-state index < -0.39 is 0 Å². The van der Waals surface area contributed by atoms with E-state index in [1.807, 2.05) is 12.3 Å². The van der Waals surface area contributed by atoms with Gasteiger partial charge in [0.2, 0.25) is 0 Å². The molecular weight excluding hydrogens is 174 g/mol. The number of dihydropyridines is 1. The second-order valence-electron chi connectivity index (χ2n) is 2.60. The predicted molar refractivity (Wildman–Crippen MR) is 47.9 cm³/mol. The van der Waals surface area contributed by atoms with Crippen LogP contribution in [0.2, 0.25) is 0 Å². The third-order valence-corrected chi connectivity index (χ3v) is 2.97. The molecule has 1 unspecified atom stereocenters. The Labute approximate surface area is 74.3 Å². The van der Waals surface area contributed by atoms with Gasteiger partial charge in [-0.05, 0) is 12.3 Å². The Balaban J connectivity index is 2.12. The lowest BCUT2D eigenvalue weighted by Crippen LogP contribution is -2.34. The van der Waals surface area contributed by atoms with Gasteiger partial charge in [0.15, 0.2) is 5.37 Å². The van der Waals surface area contributed by atoms with Gasteiger partial charge in [-0.1, -0.05) is 11.8 Å². The number of nitrogens with two attached hydrogens (primary N) is 1. The first-order chi connectivity index (χ1) is 5.77. The van der Waals surface area contributed by atoms with E-state index in [1.165, 1.54) is 11.8 Å². The van der Waals surface area contributed by atoms with Crippen molar-refractivity contribution in [1.29, 1.82) is 0 Å². The zero-order valence-electron chi connectivity index (χ0n) is 6.33. The van der Waals surface area contributed by atoms with Crippen LogP contribution < -0.4 is 16.4 Å². The van der Waals surface area contributed by atoms with E-state index in [0.29, 0.717) is 0 Å². The van der Waals surface area contributed by atoms with Gasteiger partial charge in [0.05, 0.1) is 0 Å². The molecule has 4 nitrogen and oxygen atoms in total. The zero-order chi connectivity index (χ0) is 8.55. The summed E-state index contributed by atoms with van der Waals surface area (Å²) < 4.78 is 0. The highest BCUT2D eigenvalue weighted by Crippen LogP contribution is 2.31. The first kappa shape index (κ1) is 7.54. The van der Waals surface area contributed by atoms with Crippen LogP contribution >= 0.6 is 11.8 Å². The molecule has 12 heavy (non-hydrogen) atoms. The molecule has 1 amide bonds. The second-order valence-corrected chi connectivity index (χ2v) is 3.80. The molecule has 0 radical (unpaired) electrons. The van der Waals surface area contributed by atoms with Gasteiger partial charge in [-0.2, -0.15) is 0 Å². The fraction of sp³-hybridized carbons (Fsp3) is 0.286. The van der Waals surface area contributed by atoms with Crippen molar-refractivity contribution in [3.05, 3.63) is 22.9 Å². The van der Waals surface area contributed by atoms with E-state index in [9.17, 15) is 4.79 Å². The number of hydrogen-bond donors (Lipinski definition) is 3. The second kappa shape index (κ2) is 2.75. The van der Waals surface area contributed by atoms with Gasteiger partial charge in [-0.3, -0.25) is 4.79 Å². The molecule has 5 heteroatoms. The topological polar surface area (TPSA) is 67.2 Å².